The third-order valence-electron chi connectivity index (χ3n) is 2.82. The van der Waals surface area contributed by atoms with Crippen molar-refractivity contribution in [1.82, 2.24) is 9.97 Å². The number of nitrogens with zero attached hydrogens (tertiary/aromatic N) is 3. The Labute approximate surface area is 116 Å². The Kier molecular flexibility index (Phi) is 6.56. The summed E-state index contributed by atoms with van der Waals surface area (Å²) in [5.74, 6) is 3.03. The van der Waals surface area contributed by atoms with Crippen LogP contribution >= 0.6 is 0 Å². The Bertz CT molecular complexity index is 382. The van der Waals surface area contributed by atoms with Crippen LogP contribution in [-0.4, -0.2) is 43.8 Å². The SMILES string of the molecule is CCCNc1cc(N(C)CCOC)nc(C(C)C)n1. The van der Waals surface area contributed by atoms with Gasteiger partial charge in [-0.25, -0.2) is 9.97 Å². The van der Waals surface area contributed by atoms with Gasteiger partial charge in [-0.15, -0.1) is 0 Å². The van der Waals surface area contributed by atoms with Gasteiger partial charge < -0.3 is 15.0 Å². The summed E-state index contributed by atoms with van der Waals surface area (Å²) >= 11 is 0. The van der Waals surface area contributed by atoms with Crippen molar-refractivity contribution in [2.75, 3.05) is 44.1 Å². The number of hydrogen-bond donors (Lipinski definition) is 1. The molecule has 0 aromatic carbocycles. The molecule has 0 saturated heterocycles. The zero-order valence-corrected chi connectivity index (χ0v) is 12.7. The molecular formula is C14H26N4O. The molecule has 108 valence electrons. The summed E-state index contributed by atoms with van der Waals surface area (Å²) in [6.07, 6.45) is 1.08. The Morgan fingerprint density at radius 1 is 1.37 bits per heavy atom. The lowest BCUT2D eigenvalue weighted by Crippen LogP contribution is -2.24. The zero-order chi connectivity index (χ0) is 14.3. The van der Waals surface area contributed by atoms with Crippen molar-refractivity contribution in [3.8, 4) is 0 Å². The van der Waals surface area contributed by atoms with Crippen molar-refractivity contribution in [2.45, 2.75) is 33.1 Å². The van der Waals surface area contributed by atoms with Gasteiger partial charge in [0.1, 0.15) is 17.5 Å². The maximum atomic E-state index is 5.11. The number of nitrogens with one attached hydrogen (secondary N) is 1. The van der Waals surface area contributed by atoms with E-state index < -0.39 is 0 Å². The van der Waals surface area contributed by atoms with E-state index in [4.69, 9.17) is 4.74 Å². The smallest absolute Gasteiger partial charge is 0.135 e. The van der Waals surface area contributed by atoms with Crippen LogP contribution in [0.15, 0.2) is 6.07 Å². The fourth-order valence-electron chi connectivity index (χ4n) is 1.59. The Morgan fingerprint density at radius 3 is 2.68 bits per heavy atom. The van der Waals surface area contributed by atoms with Gasteiger partial charge in [-0.1, -0.05) is 20.8 Å². The molecular weight excluding hydrogens is 240 g/mol. The molecule has 0 aliphatic heterocycles. The Morgan fingerprint density at radius 2 is 2.11 bits per heavy atom. The van der Waals surface area contributed by atoms with Gasteiger partial charge in [-0.2, -0.15) is 0 Å². The Balaban J connectivity index is 2.91. The van der Waals surface area contributed by atoms with Crippen molar-refractivity contribution in [1.29, 1.82) is 0 Å². The van der Waals surface area contributed by atoms with Crippen LogP contribution in [0.4, 0.5) is 11.6 Å². The Hall–Kier alpha value is -1.36. The van der Waals surface area contributed by atoms with E-state index in [0.29, 0.717) is 12.5 Å². The monoisotopic (exact) mass is 266 g/mol. The van der Waals surface area contributed by atoms with Crippen molar-refractivity contribution < 1.29 is 4.74 Å². The van der Waals surface area contributed by atoms with Gasteiger partial charge in [0.2, 0.25) is 0 Å². The largest absolute Gasteiger partial charge is 0.383 e. The number of anilines is 2. The first kappa shape index (κ1) is 15.7. The fraction of sp³-hybridized carbons (Fsp3) is 0.714. The minimum absolute atomic E-state index is 0.318. The summed E-state index contributed by atoms with van der Waals surface area (Å²) in [6.45, 7) is 8.79. The molecule has 1 aromatic rings. The number of ether oxygens (including phenoxy) is 1. The van der Waals surface area contributed by atoms with Gasteiger partial charge in [0.05, 0.1) is 6.61 Å². The fourth-order valence-corrected chi connectivity index (χ4v) is 1.59. The predicted molar refractivity (Wildman–Crippen MR) is 80.0 cm³/mol. The number of aromatic nitrogens is 2. The molecule has 19 heavy (non-hydrogen) atoms. The summed E-state index contributed by atoms with van der Waals surface area (Å²) < 4.78 is 5.11. The topological polar surface area (TPSA) is 50.3 Å². The number of hydrogen-bond acceptors (Lipinski definition) is 5. The van der Waals surface area contributed by atoms with Gasteiger partial charge in [0.15, 0.2) is 0 Å². The molecule has 5 nitrogen and oxygen atoms in total. The summed E-state index contributed by atoms with van der Waals surface area (Å²) in [5.41, 5.74) is 0. The molecule has 5 heteroatoms. The molecule has 0 aliphatic carbocycles. The van der Waals surface area contributed by atoms with Crippen LogP contribution in [0.2, 0.25) is 0 Å². The second-order valence-electron chi connectivity index (χ2n) is 4.97. The second-order valence-corrected chi connectivity index (χ2v) is 4.97. The highest BCUT2D eigenvalue weighted by Crippen LogP contribution is 2.19. The number of methoxy groups -OCH3 is 1. The molecule has 0 amide bonds. The van der Waals surface area contributed by atoms with Crippen LogP contribution in [0.5, 0.6) is 0 Å². The zero-order valence-electron chi connectivity index (χ0n) is 12.7. The lowest BCUT2D eigenvalue weighted by molar-refractivity contribution is 0.206. The van der Waals surface area contributed by atoms with Crippen LogP contribution in [-0.2, 0) is 4.74 Å². The molecule has 0 aliphatic rings. The summed E-state index contributed by atoms with van der Waals surface area (Å²) in [7, 11) is 3.73. The van der Waals surface area contributed by atoms with Crippen LogP contribution in [0.1, 0.15) is 38.9 Å². The predicted octanol–water partition coefficient (Wildman–Crippen LogP) is 2.50. The third kappa shape index (κ3) is 5.03. The average Bonchev–Trinajstić information content (AvgIpc) is 2.42. The number of rotatable bonds is 8. The molecule has 0 unspecified atom stereocenters. The molecule has 1 rings (SSSR count). The van der Waals surface area contributed by atoms with Gasteiger partial charge in [0.25, 0.3) is 0 Å². The highest BCUT2D eigenvalue weighted by molar-refractivity contribution is 5.49. The highest BCUT2D eigenvalue weighted by atomic mass is 16.5. The van der Waals surface area contributed by atoms with Crippen molar-refractivity contribution in [2.24, 2.45) is 0 Å². The standard InChI is InChI=1S/C14H26N4O/c1-6-7-15-12-10-13(18(4)8-9-19-5)17-14(16-12)11(2)3/h10-11H,6-9H2,1-5H3,(H,15,16,17). The van der Waals surface area contributed by atoms with E-state index >= 15 is 0 Å². The molecule has 1 heterocycles. The van der Waals surface area contributed by atoms with Gasteiger partial charge in [-0.3, -0.25) is 0 Å². The van der Waals surface area contributed by atoms with Gasteiger partial charge in [-0.05, 0) is 6.42 Å². The second kappa shape index (κ2) is 7.94. The molecule has 0 fully saturated rings. The maximum absolute atomic E-state index is 5.11. The summed E-state index contributed by atoms with van der Waals surface area (Å²) in [6, 6.07) is 2.00. The first-order valence-corrected chi connectivity index (χ1v) is 6.91. The van der Waals surface area contributed by atoms with E-state index in [1.54, 1.807) is 7.11 Å². The van der Waals surface area contributed by atoms with E-state index in [-0.39, 0.29) is 0 Å². The first-order valence-electron chi connectivity index (χ1n) is 6.91. The lowest BCUT2D eigenvalue weighted by Gasteiger charge is -2.20. The minimum Gasteiger partial charge on any atom is -0.383 e. The van der Waals surface area contributed by atoms with E-state index in [1.165, 1.54) is 0 Å². The first-order chi connectivity index (χ1) is 9.08. The molecule has 0 radical (unpaired) electrons. The van der Waals surface area contributed by atoms with Crippen LogP contribution in [0.25, 0.3) is 0 Å². The molecule has 0 saturated carbocycles. The average molecular weight is 266 g/mol. The lowest BCUT2D eigenvalue weighted by atomic mass is 10.2. The van der Waals surface area contributed by atoms with Crippen LogP contribution in [0, 0.1) is 0 Å². The van der Waals surface area contributed by atoms with Crippen molar-refractivity contribution >= 4 is 11.6 Å². The van der Waals surface area contributed by atoms with E-state index in [1.807, 2.05) is 13.1 Å². The molecule has 0 atom stereocenters. The normalized spacial score (nSPS) is 10.8. The van der Waals surface area contributed by atoms with E-state index in [0.717, 1.165) is 37.0 Å². The molecule has 0 spiro atoms. The summed E-state index contributed by atoms with van der Waals surface area (Å²) in [5, 5.41) is 3.33. The van der Waals surface area contributed by atoms with Gasteiger partial charge >= 0.3 is 0 Å². The maximum Gasteiger partial charge on any atom is 0.135 e. The van der Waals surface area contributed by atoms with Crippen LogP contribution < -0.4 is 10.2 Å². The van der Waals surface area contributed by atoms with E-state index in [2.05, 4.69) is 41.0 Å². The number of likely N-dealkylation sites (N-methyl/N-ethyl adjacent to an activating group) is 1. The van der Waals surface area contributed by atoms with Crippen molar-refractivity contribution in [3.63, 3.8) is 0 Å². The van der Waals surface area contributed by atoms with E-state index in [9.17, 15) is 0 Å². The molecule has 0 bridgehead atoms. The van der Waals surface area contributed by atoms with Gasteiger partial charge in [0, 0.05) is 39.2 Å². The molecule has 1 N–H and O–H groups in total. The van der Waals surface area contributed by atoms with Crippen molar-refractivity contribution in [3.05, 3.63) is 11.9 Å². The molecule has 1 aromatic heterocycles. The third-order valence-corrected chi connectivity index (χ3v) is 2.82. The minimum atomic E-state index is 0.318. The highest BCUT2D eigenvalue weighted by Gasteiger charge is 2.10. The van der Waals surface area contributed by atoms with Crippen LogP contribution in [0.3, 0.4) is 0 Å². The quantitative estimate of drug-likeness (QED) is 0.783. The summed E-state index contributed by atoms with van der Waals surface area (Å²) in [4.78, 5) is 11.3.